The molecule has 15 heavy (non-hydrogen) atoms. The first kappa shape index (κ1) is 10.5. The predicted molar refractivity (Wildman–Crippen MR) is 65.4 cm³/mol. The number of fused-ring (bicyclic) bond motifs is 1. The number of benzene rings is 1. The molecule has 0 bridgehead atoms. The van der Waals surface area contributed by atoms with Crippen molar-refractivity contribution in [2.24, 2.45) is 5.73 Å². The zero-order valence-electron chi connectivity index (χ0n) is 8.97. The Hall–Kier alpha value is -0.990. The Morgan fingerprint density at radius 2 is 2.13 bits per heavy atom. The van der Waals surface area contributed by atoms with Crippen LogP contribution in [0.15, 0.2) is 24.4 Å². The van der Waals surface area contributed by atoms with E-state index in [4.69, 9.17) is 17.3 Å². The summed E-state index contributed by atoms with van der Waals surface area (Å²) in [6, 6.07) is 5.89. The van der Waals surface area contributed by atoms with Crippen molar-refractivity contribution in [3.05, 3.63) is 35.0 Å². The molecule has 0 saturated carbocycles. The van der Waals surface area contributed by atoms with E-state index in [-0.39, 0.29) is 5.41 Å². The van der Waals surface area contributed by atoms with Crippen LogP contribution < -0.4 is 5.73 Å². The highest BCUT2D eigenvalue weighted by Gasteiger charge is 2.21. The maximum Gasteiger partial charge on any atom is 0.0471 e. The van der Waals surface area contributed by atoms with Gasteiger partial charge in [0.05, 0.1) is 0 Å². The first-order valence-corrected chi connectivity index (χ1v) is 5.39. The van der Waals surface area contributed by atoms with Crippen LogP contribution in [0.25, 0.3) is 10.9 Å². The minimum atomic E-state index is -0.00786. The Labute approximate surface area is 94.4 Å². The molecule has 3 heteroatoms. The van der Waals surface area contributed by atoms with Crippen molar-refractivity contribution in [2.75, 3.05) is 6.54 Å². The number of rotatable bonds is 2. The topological polar surface area (TPSA) is 41.8 Å². The van der Waals surface area contributed by atoms with Crippen LogP contribution >= 0.6 is 11.6 Å². The Bertz CT molecular complexity index is 485. The van der Waals surface area contributed by atoms with E-state index in [9.17, 15) is 0 Å². The third kappa shape index (κ3) is 1.75. The number of hydrogen-bond acceptors (Lipinski definition) is 1. The number of nitrogens with two attached hydrogens (primary N) is 1. The number of aromatic nitrogens is 1. The Balaban J connectivity index is 2.64. The zero-order chi connectivity index (χ0) is 11.1. The molecule has 3 N–H and O–H groups in total. The summed E-state index contributed by atoms with van der Waals surface area (Å²) in [7, 11) is 0. The molecule has 0 spiro atoms. The lowest BCUT2D eigenvalue weighted by atomic mass is 9.85. The normalized spacial score (nSPS) is 12.3. The molecule has 80 valence electrons. The van der Waals surface area contributed by atoms with Crippen molar-refractivity contribution >= 4 is 22.5 Å². The van der Waals surface area contributed by atoms with E-state index in [2.05, 4.69) is 18.8 Å². The van der Waals surface area contributed by atoms with Crippen LogP contribution in [0.3, 0.4) is 0 Å². The first-order chi connectivity index (χ1) is 7.04. The molecule has 0 aliphatic carbocycles. The molecule has 0 fully saturated rings. The lowest BCUT2D eigenvalue weighted by Gasteiger charge is -2.21. The first-order valence-electron chi connectivity index (χ1n) is 5.02. The van der Waals surface area contributed by atoms with Gasteiger partial charge in [0.25, 0.3) is 0 Å². The highest BCUT2D eigenvalue weighted by atomic mass is 35.5. The van der Waals surface area contributed by atoms with E-state index in [0.717, 1.165) is 10.5 Å². The van der Waals surface area contributed by atoms with Gasteiger partial charge in [-0.15, -0.1) is 0 Å². The molecular weight excluding hydrogens is 208 g/mol. The second kappa shape index (κ2) is 3.54. The third-order valence-electron chi connectivity index (χ3n) is 2.88. The molecule has 0 aliphatic rings. The molecule has 1 aromatic carbocycles. The van der Waals surface area contributed by atoms with Gasteiger partial charge < -0.3 is 10.7 Å². The molecule has 0 aliphatic heterocycles. The molecule has 1 aromatic heterocycles. The summed E-state index contributed by atoms with van der Waals surface area (Å²) in [5.41, 5.74) is 8.09. The van der Waals surface area contributed by atoms with Gasteiger partial charge in [-0.05, 0) is 17.7 Å². The SMILES string of the molecule is CC(C)(CN)c1c[nH]c2cc(Cl)ccc12. The van der Waals surface area contributed by atoms with Crippen molar-refractivity contribution in [3.8, 4) is 0 Å². The largest absolute Gasteiger partial charge is 0.361 e. The monoisotopic (exact) mass is 222 g/mol. The molecule has 0 amide bonds. The highest BCUT2D eigenvalue weighted by Crippen LogP contribution is 2.30. The lowest BCUT2D eigenvalue weighted by molar-refractivity contribution is 0.544. The van der Waals surface area contributed by atoms with E-state index in [1.807, 2.05) is 24.4 Å². The van der Waals surface area contributed by atoms with Gasteiger partial charge in [-0.25, -0.2) is 0 Å². The van der Waals surface area contributed by atoms with Gasteiger partial charge in [0.1, 0.15) is 0 Å². The van der Waals surface area contributed by atoms with Crippen LogP contribution in [0.1, 0.15) is 19.4 Å². The summed E-state index contributed by atoms with van der Waals surface area (Å²) < 4.78 is 0. The molecular formula is C12H15ClN2. The van der Waals surface area contributed by atoms with Gasteiger partial charge in [0.15, 0.2) is 0 Å². The third-order valence-corrected chi connectivity index (χ3v) is 3.12. The van der Waals surface area contributed by atoms with E-state index in [1.54, 1.807) is 0 Å². The van der Waals surface area contributed by atoms with Crippen LogP contribution in [0.5, 0.6) is 0 Å². The van der Waals surface area contributed by atoms with Crippen molar-refractivity contribution in [1.29, 1.82) is 0 Å². The average Bonchev–Trinajstić information content (AvgIpc) is 2.61. The predicted octanol–water partition coefficient (Wildman–Crippen LogP) is 3.06. The number of hydrogen-bond donors (Lipinski definition) is 2. The van der Waals surface area contributed by atoms with Gasteiger partial charge >= 0.3 is 0 Å². The molecule has 0 unspecified atom stereocenters. The summed E-state index contributed by atoms with van der Waals surface area (Å²) in [6.45, 7) is 4.91. The van der Waals surface area contributed by atoms with E-state index >= 15 is 0 Å². The van der Waals surface area contributed by atoms with E-state index < -0.39 is 0 Å². The molecule has 0 saturated heterocycles. The zero-order valence-corrected chi connectivity index (χ0v) is 9.73. The molecule has 2 nitrogen and oxygen atoms in total. The molecule has 0 radical (unpaired) electrons. The van der Waals surface area contributed by atoms with Gasteiger partial charge in [0, 0.05) is 34.1 Å². The van der Waals surface area contributed by atoms with Crippen LogP contribution in [-0.4, -0.2) is 11.5 Å². The van der Waals surface area contributed by atoms with Crippen molar-refractivity contribution < 1.29 is 0 Å². The van der Waals surface area contributed by atoms with Crippen LogP contribution in [0.4, 0.5) is 0 Å². The smallest absolute Gasteiger partial charge is 0.0471 e. The average molecular weight is 223 g/mol. The number of halogens is 1. The molecule has 2 rings (SSSR count). The van der Waals surface area contributed by atoms with Crippen LogP contribution in [-0.2, 0) is 5.41 Å². The fraction of sp³-hybridized carbons (Fsp3) is 0.333. The second-order valence-corrected chi connectivity index (χ2v) is 4.92. The number of H-pyrrole nitrogens is 1. The van der Waals surface area contributed by atoms with Crippen molar-refractivity contribution in [2.45, 2.75) is 19.3 Å². The van der Waals surface area contributed by atoms with Crippen LogP contribution in [0, 0.1) is 0 Å². The fourth-order valence-electron chi connectivity index (χ4n) is 1.77. The Kier molecular flexibility index (Phi) is 2.49. The van der Waals surface area contributed by atoms with E-state index in [0.29, 0.717) is 6.54 Å². The van der Waals surface area contributed by atoms with Gasteiger partial charge in [-0.1, -0.05) is 31.5 Å². The summed E-state index contributed by atoms with van der Waals surface area (Å²) in [5, 5.41) is 1.95. The quantitative estimate of drug-likeness (QED) is 0.806. The van der Waals surface area contributed by atoms with Crippen molar-refractivity contribution in [3.63, 3.8) is 0 Å². The van der Waals surface area contributed by atoms with Gasteiger partial charge in [-0.2, -0.15) is 0 Å². The summed E-state index contributed by atoms with van der Waals surface area (Å²) in [4.78, 5) is 3.23. The minimum Gasteiger partial charge on any atom is -0.361 e. The fourth-order valence-corrected chi connectivity index (χ4v) is 1.94. The highest BCUT2D eigenvalue weighted by molar-refractivity contribution is 6.31. The summed E-state index contributed by atoms with van der Waals surface area (Å²) >= 11 is 5.93. The lowest BCUT2D eigenvalue weighted by Crippen LogP contribution is -2.27. The number of nitrogens with one attached hydrogen (secondary N) is 1. The summed E-state index contributed by atoms with van der Waals surface area (Å²) in [5.74, 6) is 0. The Morgan fingerprint density at radius 1 is 1.40 bits per heavy atom. The molecule has 0 atom stereocenters. The van der Waals surface area contributed by atoms with Gasteiger partial charge in [0.2, 0.25) is 0 Å². The standard InChI is InChI=1S/C12H15ClN2/c1-12(2,7-14)10-6-15-11-5-8(13)3-4-9(10)11/h3-6,15H,7,14H2,1-2H3. The molecule has 1 heterocycles. The second-order valence-electron chi connectivity index (χ2n) is 4.48. The van der Waals surface area contributed by atoms with Crippen LogP contribution in [0.2, 0.25) is 5.02 Å². The van der Waals surface area contributed by atoms with Gasteiger partial charge in [-0.3, -0.25) is 0 Å². The molecule has 2 aromatic rings. The van der Waals surface area contributed by atoms with Crippen molar-refractivity contribution in [1.82, 2.24) is 4.98 Å². The summed E-state index contributed by atoms with van der Waals surface area (Å²) in [6.07, 6.45) is 2.02. The minimum absolute atomic E-state index is 0.00786. The number of aromatic amines is 1. The Morgan fingerprint density at radius 3 is 2.80 bits per heavy atom. The van der Waals surface area contributed by atoms with E-state index in [1.165, 1.54) is 10.9 Å². The maximum absolute atomic E-state index is 5.93. The maximum atomic E-state index is 5.93.